The van der Waals surface area contributed by atoms with E-state index in [1.165, 1.54) is 0 Å². The van der Waals surface area contributed by atoms with Crippen molar-refractivity contribution in [3.63, 3.8) is 0 Å². The van der Waals surface area contributed by atoms with Crippen LogP contribution in [0.1, 0.15) is 22.6 Å². The number of hydrogen-bond donors (Lipinski definition) is 1. The number of benzene rings is 1. The predicted molar refractivity (Wildman–Crippen MR) is 114 cm³/mol. The van der Waals surface area contributed by atoms with Crippen LogP contribution in [0.2, 0.25) is 0 Å². The van der Waals surface area contributed by atoms with Gasteiger partial charge in [-0.05, 0) is 31.9 Å². The number of amides is 1. The molecule has 1 amide bonds. The minimum absolute atomic E-state index is 0.0808. The number of aromatic nitrogens is 4. The maximum absolute atomic E-state index is 13.1. The molecule has 0 spiro atoms. The summed E-state index contributed by atoms with van der Waals surface area (Å²) in [5.41, 5.74) is 3.40. The second-order valence-electron chi connectivity index (χ2n) is 7.98. The molecular formula is C21H24F3N7O. The molecule has 32 heavy (non-hydrogen) atoms. The molecule has 3 heterocycles. The Kier molecular flexibility index (Phi) is 5.76. The fourth-order valence-corrected chi connectivity index (χ4v) is 3.84. The van der Waals surface area contributed by atoms with Gasteiger partial charge in [-0.15, -0.1) is 5.10 Å². The molecule has 11 heteroatoms. The van der Waals surface area contributed by atoms with Crippen LogP contribution in [0.4, 0.5) is 24.7 Å². The smallest absolute Gasteiger partial charge is 0.354 e. The van der Waals surface area contributed by atoms with E-state index >= 15 is 0 Å². The monoisotopic (exact) mass is 447 g/mol. The quantitative estimate of drug-likeness (QED) is 0.663. The Hall–Kier alpha value is -3.21. The van der Waals surface area contributed by atoms with Crippen LogP contribution in [0.15, 0.2) is 24.3 Å². The molecule has 1 saturated heterocycles. The number of para-hydroxylation sites is 1. The van der Waals surface area contributed by atoms with Gasteiger partial charge in [0, 0.05) is 43.6 Å². The van der Waals surface area contributed by atoms with Crippen LogP contribution in [0.25, 0.3) is 5.78 Å². The van der Waals surface area contributed by atoms with Crippen molar-refractivity contribution in [3.05, 3.63) is 46.9 Å². The first kappa shape index (κ1) is 22.0. The molecule has 0 saturated carbocycles. The van der Waals surface area contributed by atoms with Crippen molar-refractivity contribution in [2.24, 2.45) is 0 Å². The molecule has 1 fully saturated rings. The number of alkyl halides is 3. The lowest BCUT2D eigenvalue weighted by Crippen LogP contribution is -2.49. The van der Waals surface area contributed by atoms with E-state index in [1.807, 2.05) is 41.8 Å². The zero-order valence-corrected chi connectivity index (χ0v) is 18.1. The van der Waals surface area contributed by atoms with E-state index in [0.717, 1.165) is 21.3 Å². The highest BCUT2D eigenvalue weighted by molar-refractivity contribution is 5.93. The maximum Gasteiger partial charge on any atom is 0.453 e. The fourth-order valence-electron chi connectivity index (χ4n) is 3.84. The van der Waals surface area contributed by atoms with E-state index in [4.69, 9.17) is 0 Å². The first-order chi connectivity index (χ1) is 15.1. The van der Waals surface area contributed by atoms with Gasteiger partial charge in [0.15, 0.2) is 0 Å². The van der Waals surface area contributed by atoms with Crippen molar-refractivity contribution in [1.82, 2.24) is 24.5 Å². The van der Waals surface area contributed by atoms with Gasteiger partial charge in [0.1, 0.15) is 5.82 Å². The summed E-state index contributed by atoms with van der Waals surface area (Å²) in [6, 6.07) is 7.55. The molecule has 1 aliphatic heterocycles. The van der Waals surface area contributed by atoms with Crippen molar-refractivity contribution < 1.29 is 18.0 Å². The van der Waals surface area contributed by atoms with Gasteiger partial charge in [0.05, 0.1) is 6.54 Å². The molecule has 170 valence electrons. The molecule has 8 nitrogen and oxygen atoms in total. The molecule has 1 aliphatic rings. The molecular weight excluding hydrogens is 423 g/mol. The summed E-state index contributed by atoms with van der Waals surface area (Å²) < 4.78 is 40.3. The SMILES string of the molecule is Cc1cc(N2CCN(CC(=O)Nc3c(C)cccc3C)CC2)n2nc(C(F)(F)F)nc2n1. The number of hydrogen-bond acceptors (Lipinski definition) is 6. The van der Waals surface area contributed by atoms with E-state index < -0.39 is 12.0 Å². The first-order valence-corrected chi connectivity index (χ1v) is 10.3. The standard InChI is InChI=1S/C21H24F3N7O/c1-13-5-4-6-14(2)18(13)26-16(32)12-29-7-9-30(10-8-29)17-11-15(3)25-20-27-19(21(22,23)24)28-31(17)20/h4-6,11H,7-10,12H2,1-3H3,(H,26,32). The van der Waals surface area contributed by atoms with Gasteiger partial charge in [-0.3, -0.25) is 9.69 Å². The molecule has 1 N–H and O–H groups in total. The zero-order chi connectivity index (χ0) is 23.0. The highest BCUT2D eigenvalue weighted by Crippen LogP contribution is 2.28. The van der Waals surface area contributed by atoms with Gasteiger partial charge in [0.2, 0.25) is 5.91 Å². The molecule has 2 aromatic heterocycles. The van der Waals surface area contributed by atoms with Gasteiger partial charge in [-0.2, -0.15) is 22.7 Å². The Morgan fingerprint density at radius 2 is 1.72 bits per heavy atom. The Balaban J connectivity index is 1.43. The number of halogens is 3. The Morgan fingerprint density at radius 3 is 2.34 bits per heavy atom. The maximum atomic E-state index is 13.1. The zero-order valence-electron chi connectivity index (χ0n) is 18.1. The summed E-state index contributed by atoms with van der Waals surface area (Å²) in [5.74, 6) is -0.874. The normalized spacial score (nSPS) is 15.4. The van der Waals surface area contributed by atoms with Crippen molar-refractivity contribution in [1.29, 1.82) is 0 Å². The summed E-state index contributed by atoms with van der Waals surface area (Å²) in [6.45, 7) is 8.11. The number of carbonyl (C=O) groups excluding carboxylic acids is 1. The fraction of sp³-hybridized carbons (Fsp3) is 0.429. The van der Waals surface area contributed by atoms with E-state index in [9.17, 15) is 18.0 Å². The van der Waals surface area contributed by atoms with Crippen LogP contribution >= 0.6 is 0 Å². The van der Waals surface area contributed by atoms with E-state index in [-0.39, 0.29) is 18.2 Å². The van der Waals surface area contributed by atoms with Crippen LogP contribution in [-0.2, 0) is 11.0 Å². The van der Waals surface area contributed by atoms with Crippen LogP contribution in [0, 0.1) is 20.8 Å². The molecule has 0 atom stereocenters. The second kappa shape index (κ2) is 8.38. The number of piperazine rings is 1. The van der Waals surface area contributed by atoms with Crippen molar-refractivity contribution in [2.75, 3.05) is 42.9 Å². The molecule has 0 bridgehead atoms. The lowest BCUT2D eigenvalue weighted by molar-refractivity contribution is -0.144. The molecule has 1 aromatic carbocycles. The number of nitrogens with one attached hydrogen (secondary N) is 1. The van der Waals surface area contributed by atoms with Crippen LogP contribution in [0.3, 0.4) is 0 Å². The highest BCUT2D eigenvalue weighted by Gasteiger charge is 2.37. The molecule has 4 rings (SSSR count). The van der Waals surface area contributed by atoms with Crippen molar-refractivity contribution in [2.45, 2.75) is 26.9 Å². The summed E-state index contributed by atoms with van der Waals surface area (Å²) in [4.78, 5) is 24.1. The average Bonchev–Trinajstić information content (AvgIpc) is 3.15. The van der Waals surface area contributed by atoms with Crippen LogP contribution in [0.5, 0.6) is 0 Å². The number of anilines is 2. The van der Waals surface area contributed by atoms with Crippen molar-refractivity contribution in [3.8, 4) is 0 Å². The molecule has 0 radical (unpaired) electrons. The average molecular weight is 447 g/mol. The summed E-state index contributed by atoms with van der Waals surface area (Å²) >= 11 is 0. The molecule has 0 aliphatic carbocycles. The first-order valence-electron chi connectivity index (χ1n) is 10.3. The topological polar surface area (TPSA) is 78.7 Å². The van der Waals surface area contributed by atoms with Gasteiger partial charge in [-0.25, -0.2) is 4.98 Å². The third-order valence-corrected chi connectivity index (χ3v) is 5.48. The van der Waals surface area contributed by atoms with Gasteiger partial charge in [-0.1, -0.05) is 18.2 Å². The largest absolute Gasteiger partial charge is 0.453 e. The molecule has 3 aromatic rings. The Morgan fingerprint density at radius 1 is 1.06 bits per heavy atom. The minimum atomic E-state index is -4.64. The van der Waals surface area contributed by atoms with E-state index in [0.29, 0.717) is 37.7 Å². The highest BCUT2D eigenvalue weighted by atomic mass is 19.4. The number of aryl methyl sites for hydroxylation is 3. The van der Waals surface area contributed by atoms with Crippen LogP contribution < -0.4 is 10.2 Å². The lowest BCUT2D eigenvalue weighted by atomic mass is 10.1. The van der Waals surface area contributed by atoms with Gasteiger partial charge >= 0.3 is 6.18 Å². The predicted octanol–water partition coefficient (Wildman–Crippen LogP) is 2.83. The summed E-state index contributed by atoms with van der Waals surface area (Å²) in [5, 5.41) is 6.62. The summed E-state index contributed by atoms with van der Waals surface area (Å²) in [7, 11) is 0. The third kappa shape index (κ3) is 4.52. The lowest BCUT2D eigenvalue weighted by Gasteiger charge is -2.35. The van der Waals surface area contributed by atoms with E-state index in [2.05, 4.69) is 20.4 Å². The Bertz CT molecular complexity index is 1130. The number of nitrogens with zero attached hydrogens (tertiary/aromatic N) is 6. The number of carbonyl (C=O) groups is 1. The minimum Gasteiger partial charge on any atom is -0.354 e. The number of fused-ring (bicyclic) bond motifs is 1. The third-order valence-electron chi connectivity index (χ3n) is 5.48. The van der Waals surface area contributed by atoms with Gasteiger partial charge in [0.25, 0.3) is 11.6 Å². The second-order valence-corrected chi connectivity index (χ2v) is 7.98. The van der Waals surface area contributed by atoms with Gasteiger partial charge < -0.3 is 10.2 Å². The molecule has 0 unspecified atom stereocenters. The number of rotatable bonds is 4. The van der Waals surface area contributed by atoms with Crippen LogP contribution in [-0.4, -0.2) is 63.1 Å². The van der Waals surface area contributed by atoms with Crippen molar-refractivity contribution >= 4 is 23.2 Å². The summed E-state index contributed by atoms with van der Waals surface area (Å²) in [6.07, 6.45) is -4.64. The van der Waals surface area contributed by atoms with E-state index in [1.54, 1.807) is 13.0 Å². The Labute approximate surface area is 183 Å².